The lowest BCUT2D eigenvalue weighted by Crippen LogP contribution is -2.39. The van der Waals surface area contributed by atoms with Crippen LogP contribution in [-0.2, 0) is 4.79 Å². The number of methoxy groups -OCH3 is 2. The molecule has 0 radical (unpaired) electrons. The summed E-state index contributed by atoms with van der Waals surface area (Å²) in [6, 6.07) is 15.6. The molecule has 2 aromatic rings. The van der Waals surface area contributed by atoms with Crippen LogP contribution in [0.2, 0.25) is 0 Å². The van der Waals surface area contributed by atoms with Gasteiger partial charge in [0.2, 0.25) is 5.91 Å². The van der Waals surface area contributed by atoms with Gasteiger partial charge in [-0.2, -0.15) is 0 Å². The van der Waals surface area contributed by atoms with E-state index in [0.717, 1.165) is 41.3 Å². The minimum Gasteiger partial charge on any atom is -0.497 e. The maximum atomic E-state index is 13.3. The van der Waals surface area contributed by atoms with Crippen molar-refractivity contribution in [2.45, 2.75) is 0 Å². The van der Waals surface area contributed by atoms with Crippen LogP contribution in [0, 0.1) is 0 Å². The molecule has 0 spiro atoms. The molecular formula is C25H35N3O3. The summed E-state index contributed by atoms with van der Waals surface area (Å²) >= 11 is 0. The average molecular weight is 426 g/mol. The summed E-state index contributed by atoms with van der Waals surface area (Å²) < 4.78 is 10.6. The van der Waals surface area contributed by atoms with E-state index in [1.807, 2.05) is 81.6 Å². The summed E-state index contributed by atoms with van der Waals surface area (Å²) in [5, 5.41) is 0. The van der Waals surface area contributed by atoms with Gasteiger partial charge < -0.3 is 24.2 Å². The first kappa shape index (κ1) is 24.4. The second-order valence-corrected chi connectivity index (χ2v) is 7.95. The van der Waals surface area contributed by atoms with Crippen molar-refractivity contribution in [3.05, 3.63) is 65.7 Å². The van der Waals surface area contributed by atoms with Gasteiger partial charge in [-0.25, -0.2) is 0 Å². The zero-order valence-electron chi connectivity index (χ0n) is 19.6. The van der Waals surface area contributed by atoms with E-state index in [1.54, 1.807) is 20.3 Å². The molecule has 0 aliphatic carbocycles. The molecule has 31 heavy (non-hydrogen) atoms. The van der Waals surface area contributed by atoms with E-state index < -0.39 is 0 Å². The van der Waals surface area contributed by atoms with E-state index in [9.17, 15) is 4.79 Å². The molecule has 0 aliphatic rings. The zero-order chi connectivity index (χ0) is 22.8. The monoisotopic (exact) mass is 425 g/mol. The number of carbonyl (C=O) groups excluding carboxylic acids is 1. The van der Waals surface area contributed by atoms with Crippen molar-refractivity contribution in [2.24, 2.45) is 0 Å². The number of ether oxygens (including phenoxy) is 2. The first-order chi connectivity index (χ1) is 14.8. The lowest BCUT2D eigenvalue weighted by Gasteiger charge is -2.25. The number of benzene rings is 2. The number of nitrogens with zero attached hydrogens (tertiary/aromatic N) is 3. The van der Waals surface area contributed by atoms with Gasteiger partial charge in [0.05, 0.1) is 14.2 Å². The molecule has 0 fully saturated rings. The van der Waals surface area contributed by atoms with Crippen molar-refractivity contribution in [1.82, 2.24) is 14.7 Å². The summed E-state index contributed by atoms with van der Waals surface area (Å²) in [6.07, 6.45) is 1.74. The standard InChI is InChI=1S/C25H35N3O3/c1-26(2)15-17-28(18-16-27(3)4)25(29)19-24(20-7-11-22(30-5)12-8-20)21-9-13-23(31-6)14-10-21/h7-14,19H,15-18H2,1-6H3. The molecule has 0 aliphatic heterocycles. The molecule has 0 unspecified atom stereocenters. The quantitative estimate of drug-likeness (QED) is 0.518. The van der Waals surface area contributed by atoms with Crippen LogP contribution >= 0.6 is 0 Å². The molecule has 0 heterocycles. The van der Waals surface area contributed by atoms with E-state index in [2.05, 4.69) is 9.80 Å². The molecule has 0 saturated heterocycles. The van der Waals surface area contributed by atoms with E-state index in [0.29, 0.717) is 13.1 Å². The Morgan fingerprint density at radius 2 is 1.10 bits per heavy atom. The van der Waals surface area contributed by atoms with Crippen LogP contribution in [-0.4, -0.2) is 89.2 Å². The van der Waals surface area contributed by atoms with Crippen molar-refractivity contribution in [1.29, 1.82) is 0 Å². The third kappa shape index (κ3) is 7.74. The highest BCUT2D eigenvalue weighted by Crippen LogP contribution is 2.27. The minimum atomic E-state index is 0.00494. The predicted molar refractivity (Wildman–Crippen MR) is 127 cm³/mol. The summed E-state index contributed by atoms with van der Waals surface area (Å²) in [7, 11) is 11.4. The topological polar surface area (TPSA) is 45.2 Å². The maximum absolute atomic E-state index is 13.3. The Morgan fingerprint density at radius 3 is 1.42 bits per heavy atom. The smallest absolute Gasteiger partial charge is 0.247 e. The lowest BCUT2D eigenvalue weighted by molar-refractivity contribution is -0.126. The number of hydrogen-bond donors (Lipinski definition) is 0. The molecule has 0 bridgehead atoms. The van der Waals surface area contributed by atoms with Crippen LogP contribution in [0.1, 0.15) is 11.1 Å². The minimum absolute atomic E-state index is 0.00494. The van der Waals surface area contributed by atoms with Gasteiger partial charge in [-0.05, 0) is 69.2 Å². The van der Waals surface area contributed by atoms with Gasteiger partial charge in [-0.3, -0.25) is 4.79 Å². The summed E-state index contributed by atoms with van der Waals surface area (Å²) in [5.74, 6) is 1.57. The molecule has 2 rings (SSSR count). The molecule has 0 aromatic heterocycles. The predicted octanol–water partition coefficient (Wildman–Crippen LogP) is 3.09. The second kappa shape index (κ2) is 12.1. The van der Waals surface area contributed by atoms with E-state index in [1.165, 1.54) is 0 Å². The highest BCUT2D eigenvalue weighted by atomic mass is 16.5. The fourth-order valence-corrected chi connectivity index (χ4v) is 3.06. The third-order valence-corrected chi connectivity index (χ3v) is 5.02. The SMILES string of the molecule is COc1ccc(C(=CC(=O)N(CCN(C)C)CCN(C)C)c2ccc(OC)cc2)cc1. The molecule has 2 aromatic carbocycles. The number of hydrogen-bond acceptors (Lipinski definition) is 5. The molecule has 1 amide bonds. The van der Waals surface area contributed by atoms with Crippen LogP contribution in [0.25, 0.3) is 5.57 Å². The normalized spacial score (nSPS) is 10.8. The van der Waals surface area contributed by atoms with Gasteiger partial charge in [0.25, 0.3) is 0 Å². The number of carbonyl (C=O) groups is 1. The Labute approximate surface area is 186 Å². The summed E-state index contributed by atoms with van der Waals surface area (Å²) in [5.41, 5.74) is 2.79. The first-order valence-corrected chi connectivity index (χ1v) is 10.4. The second-order valence-electron chi connectivity index (χ2n) is 7.95. The van der Waals surface area contributed by atoms with E-state index in [4.69, 9.17) is 9.47 Å². The fraction of sp³-hybridized carbons (Fsp3) is 0.400. The van der Waals surface area contributed by atoms with Crippen molar-refractivity contribution in [2.75, 3.05) is 68.6 Å². The third-order valence-electron chi connectivity index (χ3n) is 5.02. The molecule has 0 atom stereocenters. The Kier molecular flexibility index (Phi) is 9.56. The molecule has 0 N–H and O–H groups in total. The number of likely N-dealkylation sites (N-methyl/N-ethyl adjacent to an activating group) is 2. The average Bonchev–Trinajstić information content (AvgIpc) is 2.77. The largest absolute Gasteiger partial charge is 0.497 e. The van der Waals surface area contributed by atoms with Crippen molar-refractivity contribution >= 4 is 11.5 Å². The molecule has 0 saturated carbocycles. The van der Waals surface area contributed by atoms with E-state index >= 15 is 0 Å². The molecule has 6 heteroatoms. The van der Waals surface area contributed by atoms with Gasteiger partial charge in [0.15, 0.2) is 0 Å². The summed E-state index contributed by atoms with van der Waals surface area (Å²) in [4.78, 5) is 19.4. The van der Waals surface area contributed by atoms with Crippen LogP contribution in [0.15, 0.2) is 54.6 Å². The van der Waals surface area contributed by atoms with Gasteiger partial charge in [-0.15, -0.1) is 0 Å². The molecule has 168 valence electrons. The van der Waals surface area contributed by atoms with Crippen LogP contribution in [0.5, 0.6) is 11.5 Å². The van der Waals surface area contributed by atoms with Crippen molar-refractivity contribution in [3.8, 4) is 11.5 Å². The van der Waals surface area contributed by atoms with Crippen molar-refractivity contribution < 1.29 is 14.3 Å². The maximum Gasteiger partial charge on any atom is 0.247 e. The first-order valence-electron chi connectivity index (χ1n) is 10.4. The van der Waals surface area contributed by atoms with Gasteiger partial charge >= 0.3 is 0 Å². The van der Waals surface area contributed by atoms with Crippen LogP contribution in [0.3, 0.4) is 0 Å². The van der Waals surface area contributed by atoms with Gasteiger partial charge in [0, 0.05) is 32.3 Å². The molecular weight excluding hydrogens is 390 g/mol. The number of rotatable bonds is 11. The Bertz CT molecular complexity index is 782. The summed E-state index contributed by atoms with van der Waals surface area (Å²) in [6.45, 7) is 2.98. The van der Waals surface area contributed by atoms with Crippen LogP contribution in [0.4, 0.5) is 0 Å². The zero-order valence-corrected chi connectivity index (χ0v) is 19.6. The van der Waals surface area contributed by atoms with Gasteiger partial charge in [0.1, 0.15) is 11.5 Å². The Hall–Kier alpha value is -2.83. The number of amides is 1. The fourth-order valence-electron chi connectivity index (χ4n) is 3.06. The van der Waals surface area contributed by atoms with Gasteiger partial charge in [-0.1, -0.05) is 24.3 Å². The molecule has 6 nitrogen and oxygen atoms in total. The Balaban J connectivity index is 2.41. The van der Waals surface area contributed by atoms with Crippen molar-refractivity contribution in [3.63, 3.8) is 0 Å². The van der Waals surface area contributed by atoms with E-state index in [-0.39, 0.29) is 5.91 Å². The lowest BCUT2D eigenvalue weighted by atomic mass is 9.97. The Morgan fingerprint density at radius 1 is 0.710 bits per heavy atom. The van der Waals surface area contributed by atoms with Crippen LogP contribution < -0.4 is 9.47 Å². The highest BCUT2D eigenvalue weighted by Gasteiger charge is 2.15. The highest BCUT2D eigenvalue weighted by molar-refractivity contribution is 5.99.